The number of esters is 1. The lowest BCUT2D eigenvalue weighted by atomic mass is 10.1. The molecule has 1 fully saturated rings. The number of hydrogen-bond acceptors (Lipinski definition) is 6. The van der Waals surface area contributed by atoms with E-state index in [-0.39, 0.29) is 0 Å². The van der Waals surface area contributed by atoms with Gasteiger partial charge < -0.3 is 20.1 Å². The molecule has 0 saturated carbocycles. The van der Waals surface area contributed by atoms with Crippen LogP contribution in [-0.2, 0) is 9.53 Å². The molecule has 0 aliphatic carbocycles. The topological polar surface area (TPSA) is 87.0 Å². The van der Waals surface area contributed by atoms with E-state index in [0.717, 1.165) is 12.2 Å². The fourth-order valence-corrected chi connectivity index (χ4v) is 3.19. The van der Waals surface area contributed by atoms with Gasteiger partial charge in [-0.3, -0.25) is 0 Å². The molecule has 0 amide bonds. The van der Waals surface area contributed by atoms with Crippen molar-refractivity contribution in [2.75, 3.05) is 11.5 Å². The molecule has 118 valence electrons. The Morgan fingerprint density at radius 2 is 1.85 bits per heavy atom. The summed E-state index contributed by atoms with van der Waals surface area (Å²) in [5, 5.41) is 28.7. The van der Waals surface area contributed by atoms with E-state index in [0.29, 0.717) is 5.75 Å². The zero-order valence-corrected chi connectivity index (χ0v) is 12.8. The van der Waals surface area contributed by atoms with Gasteiger partial charge >= 0.3 is 5.97 Å². The third kappa shape index (κ3) is 5.60. The van der Waals surface area contributed by atoms with Crippen LogP contribution in [0.1, 0.15) is 45.4 Å². The van der Waals surface area contributed by atoms with Gasteiger partial charge in [0.2, 0.25) is 0 Å². The van der Waals surface area contributed by atoms with Crippen LogP contribution in [0.5, 0.6) is 0 Å². The molecule has 6 heteroatoms. The zero-order chi connectivity index (χ0) is 15.0. The number of aliphatic hydroxyl groups is 3. The van der Waals surface area contributed by atoms with Gasteiger partial charge in [-0.25, -0.2) is 4.79 Å². The van der Waals surface area contributed by atoms with E-state index in [1.54, 1.807) is 11.8 Å². The number of aliphatic hydroxyl groups excluding tert-OH is 3. The van der Waals surface area contributed by atoms with E-state index < -0.39 is 30.4 Å². The van der Waals surface area contributed by atoms with Crippen molar-refractivity contribution in [1.82, 2.24) is 0 Å². The number of hydrogen-bond donors (Lipinski definition) is 3. The van der Waals surface area contributed by atoms with Crippen LogP contribution >= 0.6 is 11.8 Å². The number of carbonyl (C=O) groups excluding carboxylic acids is 1. The molecule has 3 N–H and O–H groups in total. The highest BCUT2D eigenvalue weighted by Crippen LogP contribution is 2.21. The molecule has 0 spiro atoms. The Morgan fingerprint density at radius 3 is 2.45 bits per heavy atom. The van der Waals surface area contributed by atoms with Gasteiger partial charge in [0.25, 0.3) is 0 Å². The Kier molecular flexibility index (Phi) is 8.52. The minimum Gasteiger partial charge on any atom is -0.455 e. The van der Waals surface area contributed by atoms with Gasteiger partial charge in [-0.15, -0.1) is 0 Å². The van der Waals surface area contributed by atoms with E-state index in [1.165, 1.54) is 32.1 Å². The number of ether oxygens (including phenoxy) is 1. The maximum atomic E-state index is 11.1. The number of unbranched alkanes of at least 4 members (excludes halogenated alkanes) is 5. The summed E-state index contributed by atoms with van der Waals surface area (Å²) in [6.45, 7) is 2.19. The van der Waals surface area contributed by atoms with E-state index in [9.17, 15) is 20.1 Å². The number of carbonyl (C=O) groups is 1. The highest BCUT2D eigenvalue weighted by molar-refractivity contribution is 7.99. The standard InChI is InChI=1S/C14H26O5S/c1-2-3-4-5-6-7-8-20-9-10(15)13-11(16)12(17)14(18)19-13/h10-13,15-17H,2-9H2,1H3/t10-,11-,12-,13+/m1/s1. The van der Waals surface area contributed by atoms with Crippen LogP contribution in [-0.4, -0.2) is 57.2 Å². The van der Waals surface area contributed by atoms with Crippen molar-refractivity contribution in [2.24, 2.45) is 0 Å². The van der Waals surface area contributed by atoms with Crippen LogP contribution in [0.2, 0.25) is 0 Å². The fraction of sp³-hybridized carbons (Fsp3) is 0.929. The van der Waals surface area contributed by atoms with Crippen molar-refractivity contribution in [3.63, 3.8) is 0 Å². The molecular weight excluding hydrogens is 280 g/mol. The summed E-state index contributed by atoms with van der Waals surface area (Å²) in [5.74, 6) is 0.488. The SMILES string of the molecule is CCCCCCCCSC[C@@H](O)[C@@H]1OC(=O)[C@H](O)[C@H]1O. The van der Waals surface area contributed by atoms with Crippen molar-refractivity contribution in [3.8, 4) is 0 Å². The second-order valence-corrected chi connectivity index (χ2v) is 6.40. The van der Waals surface area contributed by atoms with Crippen LogP contribution in [0.15, 0.2) is 0 Å². The lowest BCUT2D eigenvalue weighted by Crippen LogP contribution is -2.39. The Morgan fingerprint density at radius 1 is 1.20 bits per heavy atom. The summed E-state index contributed by atoms with van der Waals surface area (Å²) < 4.78 is 4.77. The molecule has 0 aromatic heterocycles. The van der Waals surface area contributed by atoms with Gasteiger partial charge in [0.15, 0.2) is 12.2 Å². The number of rotatable bonds is 10. The van der Waals surface area contributed by atoms with Gasteiger partial charge in [-0.05, 0) is 12.2 Å². The Hall–Kier alpha value is -0.300. The molecule has 1 heterocycles. The van der Waals surface area contributed by atoms with Gasteiger partial charge in [0.1, 0.15) is 12.2 Å². The van der Waals surface area contributed by atoms with Gasteiger partial charge in [-0.1, -0.05) is 39.0 Å². The number of thioether (sulfide) groups is 1. The summed E-state index contributed by atoms with van der Waals surface area (Å²) in [4.78, 5) is 11.1. The van der Waals surface area contributed by atoms with Crippen molar-refractivity contribution in [3.05, 3.63) is 0 Å². The molecule has 1 aliphatic heterocycles. The lowest BCUT2D eigenvalue weighted by Gasteiger charge is -2.19. The molecule has 0 radical (unpaired) electrons. The van der Waals surface area contributed by atoms with Crippen molar-refractivity contribution in [2.45, 2.75) is 69.9 Å². The van der Waals surface area contributed by atoms with Crippen LogP contribution < -0.4 is 0 Å². The Balaban J connectivity index is 2.06. The normalized spacial score (nSPS) is 27.6. The third-order valence-corrected chi connectivity index (χ3v) is 4.62. The Labute approximate surface area is 124 Å². The first-order chi connectivity index (χ1) is 9.57. The zero-order valence-electron chi connectivity index (χ0n) is 12.0. The molecule has 5 nitrogen and oxygen atoms in total. The van der Waals surface area contributed by atoms with Crippen LogP contribution in [0.3, 0.4) is 0 Å². The molecular formula is C14H26O5S. The quantitative estimate of drug-likeness (QED) is 0.414. The molecule has 0 aromatic carbocycles. The number of cyclic esters (lactones) is 1. The second kappa shape index (κ2) is 9.60. The highest BCUT2D eigenvalue weighted by atomic mass is 32.2. The molecule has 20 heavy (non-hydrogen) atoms. The van der Waals surface area contributed by atoms with Crippen LogP contribution in [0.25, 0.3) is 0 Å². The monoisotopic (exact) mass is 306 g/mol. The maximum Gasteiger partial charge on any atom is 0.338 e. The minimum absolute atomic E-state index is 0.399. The minimum atomic E-state index is -1.53. The van der Waals surface area contributed by atoms with E-state index in [2.05, 4.69) is 6.92 Å². The molecule has 1 aliphatic rings. The highest BCUT2D eigenvalue weighted by Gasteiger charge is 2.45. The Bertz CT molecular complexity index is 287. The van der Waals surface area contributed by atoms with Crippen molar-refractivity contribution >= 4 is 17.7 Å². The van der Waals surface area contributed by atoms with Gasteiger partial charge in [0.05, 0.1) is 0 Å². The third-order valence-electron chi connectivity index (χ3n) is 3.46. The van der Waals surface area contributed by atoms with Gasteiger partial charge in [-0.2, -0.15) is 11.8 Å². The second-order valence-electron chi connectivity index (χ2n) is 5.25. The summed E-state index contributed by atoms with van der Waals surface area (Å²) >= 11 is 1.58. The molecule has 0 bridgehead atoms. The predicted octanol–water partition coefficient (Wildman–Crippen LogP) is 1.09. The van der Waals surface area contributed by atoms with Crippen molar-refractivity contribution < 1.29 is 24.9 Å². The first kappa shape index (κ1) is 17.8. The van der Waals surface area contributed by atoms with E-state index in [4.69, 9.17) is 4.74 Å². The largest absolute Gasteiger partial charge is 0.455 e. The summed E-state index contributed by atoms with van der Waals surface area (Å²) in [7, 11) is 0. The summed E-state index contributed by atoms with van der Waals surface area (Å²) in [5.41, 5.74) is 0. The van der Waals surface area contributed by atoms with Crippen LogP contribution in [0, 0.1) is 0 Å². The van der Waals surface area contributed by atoms with Gasteiger partial charge in [0, 0.05) is 5.75 Å². The maximum absolute atomic E-state index is 11.1. The molecule has 1 rings (SSSR count). The van der Waals surface area contributed by atoms with E-state index >= 15 is 0 Å². The lowest BCUT2D eigenvalue weighted by molar-refractivity contribution is -0.150. The average molecular weight is 306 g/mol. The average Bonchev–Trinajstić information content (AvgIpc) is 2.69. The molecule has 1 saturated heterocycles. The smallest absolute Gasteiger partial charge is 0.338 e. The first-order valence-corrected chi connectivity index (χ1v) is 8.55. The fourth-order valence-electron chi connectivity index (χ4n) is 2.18. The molecule has 4 atom stereocenters. The van der Waals surface area contributed by atoms with Crippen molar-refractivity contribution in [1.29, 1.82) is 0 Å². The van der Waals surface area contributed by atoms with Crippen LogP contribution in [0.4, 0.5) is 0 Å². The summed E-state index contributed by atoms with van der Waals surface area (Å²) in [6, 6.07) is 0. The predicted molar refractivity (Wildman–Crippen MR) is 78.6 cm³/mol. The summed E-state index contributed by atoms with van der Waals surface area (Å²) in [6.07, 6.45) is 2.58. The first-order valence-electron chi connectivity index (χ1n) is 7.40. The van der Waals surface area contributed by atoms with E-state index in [1.807, 2.05) is 0 Å². The molecule has 0 aromatic rings. The molecule has 0 unspecified atom stereocenters.